The van der Waals surface area contributed by atoms with Crippen molar-refractivity contribution in [3.05, 3.63) is 0 Å². The van der Waals surface area contributed by atoms with Crippen molar-refractivity contribution in [1.29, 1.82) is 0 Å². The lowest BCUT2D eigenvalue weighted by Gasteiger charge is -2.37. The van der Waals surface area contributed by atoms with Gasteiger partial charge in [0.05, 0.1) is 18.6 Å². The summed E-state index contributed by atoms with van der Waals surface area (Å²) in [5.74, 6) is -0.281. The summed E-state index contributed by atoms with van der Waals surface area (Å²) in [6, 6.07) is -2.01. The zero-order valence-corrected chi connectivity index (χ0v) is 17.1. The quantitative estimate of drug-likeness (QED) is 0.733. The van der Waals surface area contributed by atoms with Crippen LogP contribution in [0.2, 0.25) is 0 Å². The monoisotopic (exact) mass is 392 g/mol. The molecule has 3 aliphatic rings. The van der Waals surface area contributed by atoms with Gasteiger partial charge in [-0.1, -0.05) is 13.8 Å². The highest BCUT2D eigenvalue weighted by Crippen LogP contribution is 2.32. The first kappa shape index (κ1) is 20.8. The van der Waals surface area contributed by atoms with Crippen molar-refractivity contribution in [2.24, 2.45) is 11.7 Å². The van der Waals surface area contributed by atoms with Crippen LogP contribution in [0.1, 0.15) is 52.9 Å². The standard InChI is InChI=1S/C20H32N4O4/c1-12(2)10-14(21)19(27)23-9-7-15-18(23)17(26)11-24(15)20(28)16-6-4-5-8-22(16)13(3)25/h12,14-16,18H,4-11,21H2,1-3H3. The number of rotatable bonds is 4. The van der Waals surface area contributed by atoms with E-state index in [0.29, 0.717) is 38.3 Å². The van der Waals surface area contributed by atoms with Crippen molar-refractivity contribution in [1.82, 2.24) is 14.7 Å². The molecule has 3 heterocycles. The van der Waals surface area contributed by atoms with E-state index in [1.54, 1.807) is 14.7 Å². The maximum absolute atomic E-state index is 13.2. The molecule has 3 saturated heterocycles. The van der Waals surface area contributed by atoms with Crippen LogP contribution < -0.4 is 5.73 Å². The van der Waals surface area contributed by atoms with Crippen LogP contribution in [0, 0.1) is 5.92 Å². The van der Waals surface area contributed by atoms with Gasteiger partial charge in [-0.05, 0) is 38.0 Å². The first-order chi connectivity index (χ1) is 13.2. The molecule has 8 heteroatoms. The largest absolute Gasteiger partial charge is 0.331 e. The summed E-state index contributed by atoms with van der Waals surface area (Å²) in [7, 11) is 0. The topological polar surface area (TPSA) is 104 Å². The highest BCUT2D eigenvalue weighted by Gasteiger charge is 2.53. The summed E-state index contributed by atoms with van der Waals surface area (Å²) in [6.07, 6.45) is 3.56. The van der Waals surface area contributed by atoms with Crippen LogP contribution in [0.25, 0.3) is 0 Å². The average Bonchev–Trinajstić information content (AvgIpc) is 3.21. The first-order valence-electron chi connectivity index (χ1n) is 10.4. The van der Waals surface area contributed by atoms with E-state index in [4.69, 9.17) is 5.73 Å². The van der Waals surface area contributed by atoms with E-state index in [-0.39, 0.29) is 36.1 Å². The third-order valence-electron chi connectivity index (χ3n) is 6.22. The van der Waals surface area contributed by atoms with Crippen molar-refractivity contribution in [3.8, 4) is 0 Å². The zero-order chi connectivity index (χ0) is 20.6. The number of nitrogens with zero attached hydrogens (tertiary/aromatic N) is 3. The molecule has 0 bridgehead atoms. The molecular formula is C20H32N4O4. The number of likely N-dealkylation sites (tertiary alicyclic amines) is 3. The van der Waals surface area contributed by atoms with E-state index in [2.05, 4.69) is 0 Å². The number of hydrogen-bond donors (Lipinski definition) is 1. The van der Waals surface area contributed by atoms with Gasteiger partial charge in [-0.2, -0.15) is 0 Å². The predicted molar refractivity (Wildman–Crippen MR) is 103 cm³/mol. The molecule has 3 aliphatic heterocycles. The lowest BCUT2D eigenvalue weighted by Crippen LogP contribution is -2.54. The van der Waals surface area contributed by atoms with Crippen LogP contribution in [-0.4, -0.2) is 82.0 Å². The third kappa shape index (κ3) is 3.79. The van der Waals surface area contributed by atoms with Crippen molar-refractivity contribution in [2.75, 3.05) is 19.6 Å². The lowest BCUT2D eigenvalue weighted by atomic mass is 10.00. The van der Waals surface area contributed by atoms with Gasteiger partial charge in [-0.25, -0.2) is 0 Å². The molecule has 0 aromatic rings. The van der Waals surface area contributed by atoms with Gasteiger partial charge in [0.15, 0.2) is 5.78 Å². The highest BCUT2D eigenvalue weighted by molar-refractivity contribution is 5.99. The Morgan fingerprint density at radius 2 is 1.79 bits per heavy atom. The maximum atomic E-state index is 13.2. The summed E-state index contributed by atoms with van der Waals surface area (Å²) >= 11 is 0. The SMILES string of the molecule is CC(=O)N1CCCCC1C(=O)N1CC(=O)C2C1CCN2C(=O)C(N)CC(C)C. The van der Waals surface area contributed by atoms with E-state index in [0.717, 1.165) is 12.8 Å². The molecule has 3 rings (SSSR count). The fourth-order valence-corrected chi connectivity index (χ4v) is 4.94. The molecule has 0 aliphatic carbocycles. The van der Waals surface area contributed by atoms with Gasteiger partial charge >= 0.3 is 0 Å². The molecule has 3 amide bonds. The van der Waals surface area contributed by atoms with Crippen molar-refractivity contribution >= 4 is 23.5 Å². The van der Waals surface area contributed by atoms with E-state index < -0.39 is 18.1 Å². The second-order valence-corrected chi connectivity index (χ2v) is 8.72. The average molecular weight is 393 g/mol. The Labute approximate surface area is 166 Å². The van der Waals surface area contributed by atoms with Crippen LogP contribution in [0.5, 0.6) is 0 Å². The van der Waals surface area contributed by atoms with Crippen LogP contribution in [0.4, 0.5) is 0 Å². The molecule has 3 fully saturated rings. The fourth-order valence-electron chi connectivity index (χ4n) is 4.94. The summed E-state index contributed by atoms with van der Waals surface area (Å²) in [4.78, 5) is 55.5. The number of piperidine rings is 1. The Hall–Kier alpha value is -1.96. The second-order valence-electron chi connectivity index (χ2n) is 8.72. The predicted octanol–water partition coefficient (Wildman–Crippen LogP) is 0.142. The van der Waals surface area contributed by atoms with Gasteiger partial charge < -0.3 is 20.4 Å². The summed E-state index contributed by atoms with van der Waals surface area (Å²) < 4.78 is 0. The molecular weight excluding hydrogens is 360 g/mol. The maximum Gasteiger partial charge on any atom is 0.246 e. The summed E-state index contributed by atoms with van der Waals surface area (Å²) in [5.41, 5.74) is 6.06. The number of hydrogen-bond acceptors (Lipinski definition) is 5. The Kier molecular flexibility index (Phi) is 6.07. The Balaban J connectivity index is 1.73. The third-order valence-corrected chi connectivity index (χ3v) is 6.22. The van der Waals surface area contributed by atoms with E-state index in [1.165, 1.54) is 6.92 Å². The minimum atomic E-state index is -0.622. The van der Waals surface area contributed by atoms with E-state index >= 15 is 0 Å². The smallest absolute Gasteiger partial charge is 0.246 e. The normalized spacial score (nSPS) is 28.7. The number of carbonyl (C=O) groups is 4. The van der Waals surface area contributed by atoms with Crippen LogP contribution in [-0.2, 0) is 19.2 Å². The minimum absolute atomic E-state index is 0.0135. The molecule has 0 aromatic heterocycles. The molecule has 0 spiro atoms. The molecule has 28 heavy (non-hydrogen) atoms. The van der Waals surface area contributed by atoms with E-state index in [9.17, 15) is 19.2 Å². The first-order valence-corrected chi connectivity index (χ1v) is 10.4. The molecule has 156 valence electrons. The van der Waals surface area contributed by atoms with Crippen LogP contribution in [0.15, 0.2) is 0 Å². The Bertz CT molecular complexity index is 665. The molecule has 4 unspecified atom stereocenters. The molecule has 0 radical (unpaired) electrons. The number of ketones is 1. The highest BCUT2D eigenvalue weighted by atomic mass is 16.2. The van der Waals surface area contributed by atoms with E-state index in [1.807, 2.05) is 13.8 Å². The molecule has 0 saturated carbocycles. The van der Waals surface area contributed by atoms with Gasteiger partial charge in [0, 0.05) is 20.0 Å². The van der Waals surface area contributed by atoms with Crippen molar-refractivity contribution in [2.45, 2.75) is 77.0 Å². The minimum Gasteiger partial charge on any atom is -0.331 e. The number of Topliss-reactive ketones (excluding diaryl/α,β-unsaturated/α-hetero) is 1. The molecule has 8 nitrogen and oxygen atoms in total. The summed E-state index contributed by atoms with van der Waals surface area (Å²) in [5, 5.41) is 0. The number of carbonyl (C=O) groups excluding carboxylic acids is 4. The number of amides is 3. The second kappa shape index (κ2) is 8.19. The van der Waals surface area contributed by atoms with Gasteiger partial charge in [0.2, 0.25) is 17.7 Å². The fraction of sp³-hybridized carbons (Fsp3) is 0.800. The Morgan fingerprint density at radius 3 is 2.43 bits per heavy atom. The lowest BCUT2D eigenvalue weighted by molar-refractivity contribution is -0.147. The van der Waals surface area contributed by atoms with Crippen molar-refractivity contribution in [3.63, 3.8) is 0 Å². The van der Waals surface area contributed by atoms with Crippen LogP contribution in [0.3, 0.4) is 0 Å². The van der Waals surface area contributed by atoms with Gasteiger partial charge in [0.25, 0.3) is 0 Å². The van der Waals surface area contributed by atoms with Crippen molar-refractivity contribution < 1.29 is 19.2 Å². The Morgan fingerprint density at radius 1 is 1.07 bits per heavy atom. The van der Waals surface area contributed by atoms with Gasteiger partial charge in [0.1, 0.15) is 12.1 Å². The summed E-state index contributed by atoms with van der Waals surface area (Å²) in [6.45, 7) is 6.53. The van der Waals surface area contributed by atoms with Gasteiger partial charge in [-0.3, -0.25) is 19.2 Å². The number of fused-ring (bicyclic) bond motifs is 1. The van der Waals surface area contributed by atoms with Gasteiger partial charge in [-0.15, -0.1) is 0 Å². The molecule has 0 aromatic carbocycles. The molecule has 4 atom stereocenters. The van der Waals surface area contributed by atoms with Crippen LogP contribution >= 0.6 is 0 Å². The zero-order valence-electron chi connectivity index (χ0n) is 17.1. The molecule has 2 N–H and O–H groups in total. The number of nitrogens with two attached hydrogens (primary N) is 1.